The second kappa shape index (κ2) is 9.92. The van der Waals surface area contributed by atoms with Gasteiger partial charge in [0, 0.05) is 26.2 Å². The van der Waals surface area contributed by atoms with Gasteiger partial charge in [-0.25, -0.2) is 0 Å². The fraction of sp³-hybridized carbons (Fsp3) is 0.435. The fourth-order valence-electron chi connectivity index (χ4n) is 3.75. The van der Waals surface area contributed by atoms with Gasteiger partial charge in [0.2, 0.25) is 0 Å². The Morgan fingerprint density at radius 3 is 2.58 bits per heavy atom. The first-order valence-electron chi connectivity index (χ1n) is 10.2. The van der Waals surface area contributed by atoms with Crippen molar-refractivity contribution in [1.82, 2.24) is 5.32 Å². The van der Waals surface area contributed by atoms with Crippen molar-refractivity contribution in [1.29, 1.82) is 5.26 Å². The van der Waals surface area contributed by atoms with E-state index < -0.39 is 12.8 Å². The molecule has 0 bridgehead atoms. The van der Waals surface area contributed by atoms with Gasteiger partial charge in [-0.3, -0.25) is 0 Å². The summed E-state index contributed by atoms with van der Waals surface area (Å²) < 4.78 is 47.6. The summed E-state index contributed by atoms with van der Waals surface area (Å²) in [5.74, 6) is 0.350. The molecule has 0 spiro atoms. The van der Waals surface area contributed by atoms with E-state index in [2.05, 4.69) is 22.4 Å². The van der Waals surface area contributed by atoms with Crippen molar-refractivity contribution in [3.05, 3.63) is 53.1 Å². The van der Waals surface area contributed by atoms with Gasteiger partial charge in [0.15, 0.2) is 18.1 Å². The van der Waals surface area contributed by atoms with Crippen LogP contribution in [0.3, 0.4) is 0 Å². The van der Waals surface area contributed by atoms with Crippen LogP contribution in [0.25, 0.3) is 0 Å². The Bertz CT molecular complexity index is 941. The lowest BCUT2D eigenvalue weighted by Gasteiger charge is -2.18. The van der Waals surface area contributed by atoms with E-state index in [9.17, 15) is 18.4 Å². The molecule has 5 nitrogen and oxygen atoms in total. The van der Waals surface area contributed by atoms with Crippen molar-refractivity contribution in [2.24, 2.45) is 0 Å². The van der Waals surface area contributed by atoms with Crippen LogP contribution in [0.5, 0.6) is 11.5 Å². The number of nitrogens with zero attached hydrogens (tertiary/aromatic N) is 2. The van der Waals surface area contributed by atoms with Crippen LogP contribution >= 0.6 is 0 Å². The highest BCUT2D eigenvalue weighted by Crippen LogP contribution is 2.32. The summed E-state index contributed by atoms with van der Waals surface area (Å²) in [5, 5.41) is 12.8. The standard InChI is InChI=1S/C23H26F3N3O2/c1-16(11-17-12-18-7-9-29(2)22(18)19(13-17)14-27)28-8-10-30-20-5-3-4-6-21(20)31-15-23(24,25)26/h3-6,12-13,16,28H,7-11,15H2,1-2H3/t16-/m1/s1. The molecule has 0 radical (unpaired) electrons. The summed E-state index contributed by atoms with van der Waals surface area (Å²) in [4.78, 5) is 2.12. The molecule has 1 atom stereocenters. The van der Waals surface area contributed by atoms with Crippen LogP contribution in [0.1, 0.15) is 23.6 Å². The smallest absolute Gasteiger partial charge is 0.422 e. The minimum atomic E-state index is -4.40. The minimum absolute atomic E-state index is 0.0695. The second-order valence-corrected chi connectivity index (χ2v) is 7.69. The number of hydrogen-bond donors (Lipinski definition) is 1. The van der Waals surface area contributed by atoms with Crippen molar-refractivity contribution >= 4 is 5.69 Å². The van der Waals surface area contributed by atoms with Crippen LogP contribution in [0, 0.1) is 11.3 Å². The molecule has 2 aromatic rings. The average molecular weight is 433 g/mol. The van der Waals surface area contributed by atoms with Gasteiger partial charge >= 0.3 is 6.18 Å². The Balaban J connectivity index is 1.49. The van der Waals surface area contributed by atoms with E-state index in [-0.39, 0.29) is 24.1 Å². The molecule has 1 N–H and O–H groups in total. The summed E-state index contributed by atoms with van der Waals surface area (Å²) in [5.41, 5.74) is 4.06. The molecule has 0 saturated heterocycles. The van der Waals surface area contributed by atoms with Crippen LogP contribution in [-0.2, 0) is 12.8 Å². The van der Waals surface area contributed by atoms with E-state index >= 15 is 0 Å². The molecule has 2 aromatic carbocycles. The Kier molecular flexibility index (Phi) is 7.29. The molecule has 0 saturated carbocycles. The second-order valence-electron chi connectivity index (χ2n) is 7.69. The number of hydrogen-bond acceptors (Lipinski definition) is 5. The first-order valence-corrected chi connectivity index (χ1v) is 10.2. The summed E-state index contributed by atoms with van der Waals surface area (Å²) in [6.45, 7) is 2.42. The van der Waals surface area contributed by atoms with Crippen LogP contribution in [0.15, 0.2) is 36.4 Å². The molecule has 1 aliphatic heterocycles. The molecular weight excluding hydrogens is 407 g/mol. The number of alkyl halides is 3. The van der Waals surface area contributed by atoms with Crippen LogP contribution in [0.2, 0.25) is 0 Å². The summed E-state index contributed by atoms with van der Waals surface area (Å²) >= 11 is 0. The Labute approximate surface area is 180 Å². The van der Waals surface area contributed by atoms with Gasteiger partial charge in [-0.2, -0.15) is 18.4 Å². The van der Waals surface area contributed by atoms with Crippen molar-refractivity contribution < 1.29 is 22.6 Å². The van der Waals surface area contributed by atoms with Crippen LogP contribution < -0.4 is 19.7 Å². The molecule has 0 amide bonds. The molecule has 8 heteroatoms. The fourth-order valence-corrected chi connectivity index (χ4v) is 3.75. The van der Waals surface area contributed by atoms with Crippen molar-refractivity contribution in [2.75, 3.05) is 38.3 Å². The third kappa shape index (κ3) is 6.28. The number of likely N-dealkylation sites (N-methyl/N-ethyl adjacent to an activating group) is 1. The molecule has 0 unspecified atom stereocenters. The maximum atomic E-state index is 12.4. The number of nitrogens with one attached hydrogen (secondary N) is 1. The van der Waals surface area contributed by atoms with E-state index in [1.807, 2.05) is 20.0 Å². The van der Waals surface area contributed by atoms with Gasteiger partial charge in [0.05, 0.1) is 11.3 Å². The number of ether oxygens (including phenoxy) is 2. The maximum Gasteiger partial charge on any atom is 0.422 e. The lowest BCUT2D eigenvalue weighted by Crippen LogP contribution is -2.32. The molecular formula is C23H26F3N3O2. The number of para-hydroxylation sites is 2. The molecule has 1 aliphatic rings. The normalized spacial score (nSPS) is 14.1. The van der Waals surface area contributed by atoms with Gasteiger partial charge in [-0.1, -0.05) is 18.2 Å². The van der Waals surface area contributed by atoms with E-state index in [0.29, 0.717) is 12.1 Å². The number of halogens is 3. The van der Waals surface area contributed by atoms with Gasteiger partial charge in [-0.15, -0.1) is 0 Å². The summed E-state index contributed by atoms with van der Waals surface area (Å²) in [7, 11) is 2.00. The number of rotatable bonds is 9. The van der Waals surface area contributed by atoms with Gasteiger partial charge < -0.3 is 19.7 Å². The highest BCUT2D eigenvalue weighted by molar-refractivity contribution is 5.68. The van der Waals surface area contributed by atoms with Crippen molar-refractivity contribution in [3.63, 3.8) is 0 Å². The highest BCUT2D eigenvalue weighted by Gasteiger charge is 2.29. The van der Waals surface area contributed by atoms with Gasteiger partial charge in [0.1, 0.15) is 12.7 Å². The first kappa shape index (κ1) is 22.8. The largest absolute Gasteiger partial charge is 0.488 e. The van der Waals surface area contributed by atoms with Gasteiger partial charge in [0.25, 0.3) is 0 Å². The van der Waals surface area contributed by atoms with E-state index in [4.69, 9.17) is 9.47 Å². The number of anilines is 1. The van der Waals surface area contributed by atoms with Crippen molar-refractivity contribution in [2.45, 2.75) is 32.0 Å². The minimum Gasteiger partial charge on any atom is -0.488 e. The Morgan fingerprint density at radius 2 is 1.90 bits per heavy atom. The molecule has 31 heavy (non-hydrogen) atoms. The first-order chi connectivity index (χ1) is 14.8. The monoisotopic (exact) mass is 433 g/mol. The zero-order valence-electron chi connectivity index (χ0n) is 17.6. The SMILES string of the molecule is C[C@H](Cc1cc(C#N)c2c(c1)CCN2C)NCCOc1ccccc1OCC(F)(F)F. The number of nitriles is 1. The lowest BCUT2D eigenvalue weighted by molar-refractivity contribution is -0.153. The molecule has 1 heterocycles. The van der Waals surface area contributed by atoms with E-state index in [0.717, 1.165) is 30.6 Å². The van der Waals surface area contributed by atoms with Crippen LogP contribution in [-0.4, -0.2) is 45.6 Å². The number of benzene rings is 2. The predicted octanol–water partition coefficient (Wildman–Crippen LogP) is 4.09. The van der Waals surface area contributed by atoms with Crippen molar-refractivity contribution in [3.8, 4) is 17.6 Å². The molecule has 0 fully saturated rings. The Hall–Kier alpha value is -2.92. The molecule has 0 aromatic heterocycles. The molecule has 0 aliphatic carbocycles. The maximum absolute atomic E-state index is 12.4. The third-order valence-corrected chi connectivity index (χ3v) is 5.10. The zero-order chi connectivity index (χ0) is 22.4. The quantitative estimate of drug-likeness (QED) is 0.604. The van der Waals surface area contributed by atoms with Gasteiger partial charge in [-0.05, 0) is 49.1 Å². The Morgan fingerprint density at radius 1 is 1.19 bits per heavy atom. The summed E-state index contributed by atoms with van der Waals surface area (Å²) in [6, 6.07) is 12.9. The molecule has 3 rings (SSSR count). The summed E-state index contributed by atoms with van der Waals surface area (Å²) in [6.07, 6.45) is -2.70. The van der Waals surface area contributed by atoms with Crippen LogP contribution in [0.4, 0.5) is 18.9 Å². The topological polar surface area (TPSA) is 57.5 Å². The van der Waals surface area contributed by atoms with E-state index in [1.54, 1.807) is 18.2 Å². The lowest BCUT2D eigenvalue weighted by atomic mass is 9.99. The average Bonchev–Trinajstić information content (AvgIpc) is 3.10. The zero-order valence-corrected chi connectivity index (χ0v) is 17.6. The molecule has 166 valence electrons. The highest BCUT2D eigenvalue weighted by atomic mass is 19.4. The third-order valence-electron chi connectivity index (χ3n) is 5.10. The van der Waals surface area contributed by atoms with E-state index in [1.165, 1.54) is 11.6 Å². The predicted molar refractivity (Wildman–Crippen MR) is 113 cm³/mol. The number of fused-ring (bicyclic) bond motifs is 1.